The van der Waals surface area contributed by atoms with Gasteiger partial charge >= 0.3 is 0 Å². The van der Waals surface area contributed by atoms with Crippen LogP contribution in [0.4, 0.5) is 0 Å². The lowest BCUT2D eigenvalue weighted by atomic mass is 9.90. The van der Waals surface area contributed by atoms with Crippen LogP contribution in [-0.2, 0) is 6.42 Å². The van der Waals surface area contributed by atoms with Crippen LogP contribution >= 0.6 is 0 Å². The second-order valence-corrected chi connectivity index (χ2v) is 5.56. The van der Waals surface area contributed by atoms with Gasteiger partial charge in [0.1, 0.15) is 11.5 Å². The molecule has 1 aliphatic rings. The molecule has 1 aromatic carbocycles. The molecule has 0 unspecified atom stereocenters. The summed E-state index contributed by atoms with van der Waals surface area (Å²) in [5, 5.41) is 0. The van der Waals surface area contributed by atoms with Crippen molar-refractivity contribution >= 4 is 0 Å². The zero-order valence-corrected chi connectivity index (χ0v) is 11.7. The number of hydrogen-bond acceptors (Lipinski definition) is 3. The minimum absolute atomic E-state index is 0.0245. The maximum Gasteiger partial charge on any atom is 0.122 e. The van der Waals surface area contributed by atoms with E-state index >= 15 is 0 Å². The Morgan fingerprint density at radius 3 is 2.17 bits per heavy atom. The van der Waals surface area contributed by atoms with Gasteiger partial charge in [-0.05, 0) is 37.3 Å². The quantitative estimate of drug-likeness (QED) is 0.872. The van der Waals surface area contributed by atoms with Crippen molar-refractivity contribution < 1.29 is 9.47 Å². The molecule has 3 heteroatoms. The zero-order valence-electron chi connectivity index (χ0n) is 11.7. The van der Waals surface area contributed by atoms with E-state index in [0.29, 0.717) is 5.92 Å². The highest BCUT2D eigenvalue weighted by molar-refractivity contribution is 5.51. The Bertz CT molecular complexity index is 436. The zero-order chi connectivity index (χ0) is 13.3. The van der Waals surface area contributed by atoms with Gasteiger partial charge in [0.2, 0.25) is 0 Å². The van der Waals surface area contributed by atoms with Gasteiger partial charge in [0.05, 0.1) is 14.2 Å². The summed E-state index contributed by atoms with van der Waals surface area (Å²) in [6.45, 7) is 4.35. The van der Waals surface area contributed by atoms with Crippen molar-refractivity contribution in [3.05, 3.63) is 23.3 Å². The molecule has 2 N–H and O–H groups in total. The van der Waals surface area contributed by atoms with E-state index in [1.165, 1.54) is 11.1 Å². The highest BCUT2D eigenvalue weighted by Crippen LogP contribution is 2.43. The lowest BCUT2D eigenvalue weighted by Gasteiger charge is -2.21. The Morgan fingerprint density at radius 2 is 1.72 bits per heavy atom. The monoisotopic (exact) mass is 249 g/mol. The van der Waals surface area contributed by atoms with E-state index in [-0.39, 0.29) is 5.54 Å². The lowest BCUT2D eigenvalue weighted by molar-refractivity contribution is 0.390. The fraction of sp³-hybridized carbons (Fsp3) is 0.600. The molecule has 1 aromatic rings. The first-order valence-corrected chi connectivity index (χ1v) is 6.53. The molecule has 1 fully saturated rings. The topological polar surface area (TPSA) is 44.5 Å². The lowest BCUT2D eigenvalue weighted by Crippen LogP contribution is -2.25. The largest absolute Gasteiger partial charge is 0.496 e. The second-order valence-electron chi connectivity index (χ2n) is 5.56. The van der Waals surface area contributed by atoms with Crippen LogP contribution in [0.2, 0.25) is 0 Å². The van der Waals surface area contributed by atoms with Crippen molar-refractivity contribution in [2.24, 2.45) is 5.73 Å². The van der Waals surface area contributed by atoms with Gasteiger partial charge in [-0.3, -0.25) is 0 Å². The van der Waals surface area contributed by atoms with E-state index in [4.69, 9.17) is 15.2 Å². The molecule has 0 amide bonds. The van der Waals surface area contributed by atoms with E-state index in [0.717, 1.165) is 30.8 Å². The van der Waals surface area contributed by atoms with Crippen LogP contribution in [0.5, 0.6) is 11.5 Å². The molecule has 0 saturated heterocycles. The Labute approximate surface area is 109 Å². The Hall–Kier alpha value is -1.22. The minimum atomic E-state index is -0.0245. The first kappa shape index (κ1) is 13.2. The molecular formula is C15H23NO2. The van der Waals surface area contributed by atoms with E-state index in [1.54, 1.807) is 14.2 Å². The molecule has 0 atom stereocenters. The second kappa shape index (κ2) is 4.81. The van der Waals surface area contributed by atoms with Crippen molar-refractivity contribution in [1.82, 2.24) is 0 Å². The van der Waals surface area contributed by atoms with Crippen molar-refractivity contribution in [3.63, 3.8) is 0 Å². The summed E-state index contributed by atoms with van der Waals surface area (Å²) in [6.07, 6.45) is 3.08. The number of hydrogen-bond donors (Lipinski definition) is 1. The number of nitrogens with two attached hydrogens (primary N) is 1. The third kappa shape index (κ3) is 2.46. The highest BCUT2D eigenvalue weighted by Gasteiger charge is 2.39. The summed E-state index contributed by atoms with van der Waals surface area (Å²) >= 11 is 0. The number of methoxy groups -OCH3 is 2. The normalized spacial score (nSPS) is 16.8. The van der Waals surface area contributed by atoms with Gasteiger partial charge in [-0.2, -0.15) is 0 Å². The van der Waals surface area contributed by atoms with Crippen LogP contribution in [0.1, 0.15) is 43.7 Å². The first-order chi connectivity index (χ1) is 8.50. The van der Waals surface area contributed by atoms with Gasteiger partial charge < -0.3 is 15.2 Å². The summed E-state index contributed by atoms with van der Waals surface area (Å²) in [5.74, 6) is 2.26. The van der Waals surface area contributed by atoms with Crippen LogP contribution in [0.3, 0.4) is 0 Å². The molecule has 1 aliphatic carbocycles. The molecule has 0 spiro atoms. The van der Waals surface area contributed by atoms with Gasteiger partial charge in [0.25, 0.3) is 0 Å². The molecule has 0 bridgehead atoms. The van der Waals surface area contributed by atoms with Gasteiger partial charge in [-0.15, -0.1) is 0 Å². The van der Waals surface area contributed by atoms with Gasteiger partial charge in [-0.25, -0.2) is 0 Å². The standard InChI is InChI=1S/C15H23NO2/c1-10(2)14-11(9-15(16)7-8-15)12(17-3)5-6-13(14)18-4/h5-6,10H,7-9,16H2,1-4H3. The van der Waals surface area contributed by atoms with E-state index < -0.39 is 0 Å². The smallest absolute Gasteiger partial charge is 0.122 e. The molecule has 0 aliphatic heterocycles. The van der Waals surface area contributed by atoms with Gasteiger partial charge in [0.15, 0.2) is 0 Å². The molecule has 0 heterocycles. The molecule has 1 saturated carbocycles. The van der Waals surface area contributed by atoms with Gasteiger partial charge in [0, 0.05) is 16.7 Å². The van der Waals surface area contributed by atoms with E-state index in [9.17, 15) is 0 Å². The maximum absolute atomic E-state index is 6.27. The first-order valence-electron chi connectivity index (χ1n) is 6.53. The number of ether oxygens (including phenoxy) is 2. The number of benzene rings is 1. The molecule has 0 aromatic heterocycles. The minimum Gasteiger partial charge on any atom is -0.496 e. The third-order valence-corrected chi connectivity index (χ3v) is 3.71. The van der Waals surface area contributed by atoms with Crippen LogP contribution in [-0.4, -0.2) is 19.8 Å². The summed E-state index contributed by atoms with van der Waals surface area (Å²) in [6, 6.07) is 3.96. The van der Waals surface area contributed by atoms with E-state index in [1.807, 2.05) is 12.1 Å². The molecule has 0 radical (unpaired) electrons. The molecule has 18 heavy (non-hydrogen) atoms. The summed E-state index contributed by atoms with van der Waals surface area (Å²) < 4.78 is 11.0. The predicted octanol–water partition coefficient (Wildman–Crippen LogP) is 2.86. The number of rotatable bonds is 5. The summed E-state index contributed by atoms with van der Waals surface area (Å²) in [7, 11) is 3.43. The average Bonchev–Trinajstić information content (AvgIpc) is 3.05. The average molecular weight is 249 g/mol. The predicted molar refractivity (Wildman–Crippen MR) is 73.5 cm³/mol. The highest BCUT2D eigenvalue weighted by atomic mass is 16.5. The maximum atomic E-state index is 6.27. The van der Waals surface area contributed by atoms with Crippen LogP contribution in [0.15, 0.2) is 12.1 Å². The van der Waals surface area contributed by atoms with Crippen molar-refractivity contribution in [2.75, 3.05) is 14.2 Å². The fourth-order valence-corrected chi connectivity index (χ4v) is 2.50. The van der Waals surface area contributed by atoms with Crippen molar-refractivity contribution in [1.29, 1.82) is 0 Å². The molecule has 100 valence electrons. The summed E-state index contributed by atoms with van der Waals surface area (Å²) in [4.78, 5) is 0. The Morgan fingerprint density at radius 1 is 1.17 bits per heavy atom. The Balaban J connectivity index is 2.49. The van der Waals surface area contributed by atoms with Crippen molar-refractivity contribution in [2.45, 2.75) is 44.6 Å². The molecule has 3 nitrogen and oxygen atoms in total. The van der Waals surface area contributed by atoms with Crippen LogP contribution < -0.4 is 15.2 Å². The van der Waals surface area contributed by atoms with Crippen LogP contribution in [0.25, 0.3) is 0 Å². The summed E-state index contributed by atoms with van der Waals surface area (Å²) in [5.41, 5.74) is 8.69. The van der Waals surface area contributed by atoms with E-state index in [2.05, 4.69) is 13.8 Å². The van der Waals surface area contributed by atoms with Crippen LogP contribution in [0, 0.1) is 0 Å². The molecular weight excluding hydrogens is 226 g/mol. The third-order valence-electron chi connectivity index (χ3n) is 3.71. The SMILES string of the molecule is COc1ccc(OC)c(C(C)C)c1CC1(N)CC1. The van der Waals surface area contributed by atoms with Crippen molar-refractivity contribution in [3.8, 4) is 11.5 Å². The van der Waals surface area contributed by atoms with Gasteiger partial charge in [-0.1, -0.05) is 13.8 Å². The Kier molecular flexibility index (Phi) is 3.53. The fourth-order valence-electron chi connectivity index (χ4n) is 2.50. The molecule has 2 rings (SSSR count).